The monoisotopic (exact) mass is 488 g/mol. The molecule has 0 saturated heterocycles. The first-order chi connectivity index (χ1) is 16.9. The van der Waals surface area contributed by atoms with Crippen molar-refractivity contribution < 1.29 is 9.59 Å². The van der Waals surface area contributed by atoms with Crippen molar-refractivity contribution in [3.63, 3.8) is 0 Å². The fourth-order valence-corrected chi connectivity index (χ4v) is 5.47. The molecule has 1 aromatic heterocycles. The van der Waals surface area contributed by atoms with Crippen LogP contribution < -0.4 is 0 Å². The van der Waals surface area contributed by atoms with Gasteiger partial charge in [0.15, 0.2) is 0 Å². The van der Waals surface area contributed by atoms with Crippen LogP contribution in [-0.4, -0.2) is 34.7 Å². The van der Waals surface area contributed by atoms with Crippen LogP contribution in [0.2, 0.25) is 0 Å². The third-order valence-electron chi connectivity index (χ3n) is 6.91. The second kappa shape index (κ2) is 11.7. The van der Waals surface area contributed by atoms with E-state index in [9.17, 15) is 9.59 Å². The molecular formula is C30H36N2O2S. The lowest BCUT2D eigenvalue weighted by atomic mass is 10.1. The first-order valence-corrected chi connectivity index (χ1v) is 13.5. The maximum Gasteiger partial charge on any atom is 0.242 e. The molecule has 0 spiro atoms. The Labute approximate surface area is 213 Å². The lowest BCUT2D eigenvalue weighted by molar-refractivity contribution is -0.142. The standard InChI is InChI=1S/C30H36N2O2S/c1-4-22(2)18-32(30(34)28-17-27(28)25-13-9-6-10-14-25)21-29(33)31(19-24-11-7-5-8-12-24)20-26-16-15-23(3)35-26/h5-16,22,27-28H,4,17-21H2,1-3H3/t22-,27-,28+/m0/s1. The zero-order valence-corrected chi connectivity index (χ0v) is 21.8. The quantitative estimate of drug-likeness (QED) is 0.319. The van der Waals surface area contributed by atoms with Crippen molar-refractivity contribution in [1.82, 2.24) is 9.80 Å². The van der Waals surface area contributed by atoms with E-state index in [1.807, 2.05) is 46.2 Å². The Morgan fingerprint density at radius 3 is 2.26 bits per heavy atom. The molecule has 0 unspecified atom stereocenters. The average molecular weight is 489 g/mol. The molecule has 184 valence electrons. The van der Waals surface area contributed by atoms with Crippen molar-refractivity contribution in [2.45, 2.75) is 52.6 Å². The van der Waals surface area contributed by atoms with Gasteiger partial charge < -0.3 is 9.80 Å². The van der Waals surface area contributed by atoms with Gasteiger partial charge in [-0.1, -0.05) is 80.9 Å². The Morgan fingerprint density at radius 2 is 1.63 bits per heavy atom. The highest BCUT2D eigenvalue weighted by atomic mass is 32.1. The van der Waals surface area contributed by atoms with E-state index in [0.717, 1.165) is 23.3 Å². The maximum atomic E-state index is 13.7. The highest BCUT2D eigenvalue weighted by molar-refractivity contribution is 7.11. The summed E-state index contributed by atoms with van der Waals surface area (Å²) in [6.45, 7) is 8.24. The number of hydrogen-bond acceptors (Lipinski definition) is 3. The van der Waals surface area contributed by atoms with Crippen LogP contribution in [0.15, 0.2) is 72.8 Å². The van der Waals surface area contributed by atoms with Crippen LogP contribution in [0, 0.1) is 18.8 Å². The predicted octanol–water partition coefficient (Wildman–Crippen LogP) is 6.26. The molecule has 1 heterocycles. The number of hydrogen-bond donors (Lipinski definition) is 0. The minimum atomic E-state index is -0.0169. The summed E-state index contributed by atoms with van der Waals surface area (Å²) in [5.41, 5.74) is 2.32. The molecule has 4 nitrogen and oxygen atoms in total. The zero-order valence-electron chi connectivity index (χ0n) is 21.0. The molecular weight excluding hydrogens is 452 g/mol. The van der Waals surface area contributed by atoms with Crippen molar-refractivity contribution in [3.8, 4) is 0 Å². The number of benzene rings is 2. The highest BCUT2D eigenvalue weighted by Crippen LogP contribution is 2.48. The van der Waals surface area contributed by atoms with E-state index >= 15 is 0 Å². The predicted molar refractivity (Wildman–Crippen MR) is 143 cm³/mol. The lowest BCUT2D eigenvalue weighted by Crippen LogP contribution is -2.44. The Bertz CT molecular complexity index is 1110. The summed E-state index contributed by atoms with van der Waals surface area (Å²) >= 11 is 1.72. The van der Waals surface area contributed by atoms with E-state index < -0.39 is 0 Å². The van der Waals surface area contributed by atoms with Gasteiger partial charge in [0, 0.05) is 28.8 Å². The van der Waals surface area contributed by atoms with Crippen LogP contribution in [0.25, 0.3) is 0 Å². The van der Waals surface area contributed by atoms with Gasteiger partial charge in [0.05, 0.1) is 13.1 Å². The fraction of sp³-hybridized carbons (Fsp3) is 0.400. The number of nitrogens with zero attached hydrogens (tertiary/aromatic N) is 2. The van der Waals surface area contributed by atoms with Crippen LogP contribution in [0.3, 0.4) is 0 Å². The first kappa shape index (κ1) is 25.2. The van der Waals surface area contributed by atoms with Crippen LogP contribution >= 0.6 is 11.3 Å². The van der Waals surface area contributed by atoms with Crippen LogP contribution in [-0.2, 0) is 22.7 Å². The Morgan fingerprint density at radius 1 is 0.943 bits per heavy atom. The van der Waals surface area contributed by atoms with Gasteiger partial charge in [-0.3, -0.25) is 9.59 Å². The third-order valence-corrected chi connectivity index (χ3v) is 7.90. The van der Waals surface area contributed by atoms with Crippen molar-refractivity contribution in [1.29, 1.82) is 0 Å². The van der Waals surface area contributed by atoms with Gasteiger partial charge in [-0.25, -0.2) is 0 Å². The molecule has 3 aromatic rings. The molecule has 1 saturated carbocycles. The smallest absolute Gasteiger partial charge is 0.242 e. The fourth-order valence-electron chi connectivity index (χ4n) is 4.57. The second-order valence-electron chi connectivity index (χ2n) is 9.84. The molecule has 0 N–H and O–H groups in total. The molecule has 4 rings (SSSR count). The van der Waals surface area contributed by atoms with Crippen LogP contribution in [0.4, 0.5) is 0 Å². The summed E-state index contributed by atoms with van der Waals surface area (Å²) in [6.07, 6.45) is 1.85. The number of carbonyl (C=O) groups is 2. The molecule has 1 aliphatic carbocycles. The van der Waals surface area contributed by atoms with Crippen LogP contribution in [0.1, 0.15) is 53.5 Å². The van der Waals surface area contributed by atoms with Crippen molar-refractivity contribution in [2.24, 2.45) is 11.8 Å². The number of carbonyl (C=O) groups excluding carboxylic acids is 2. The molecule has 1 aliphatic rings. The number of thiophene rings is 1. The SMILES string of the molecule is CC[C@H](C)CN(CC(=O)N(Cc1ccccc1)Cc1ccc(C)s1)C(=O)[C@@H]1C[C@H]1c1ccccc1. The molecule has 0 radical (unpaired) electrons. The third kappa shape index (κ3) is 6.82. The van der Waals surface area contributed by atoms with Crippen molar-refractivity contribution in [3.05, 3.63) is 93.7 Å². The molecule has 1 fully saturated rings. The second-order valence-corrected chi connectivity index (χ2v) is 11.2. The van der Waals surface area contributed by atoms with Gasteiger partial charge >= 0.3 is 0 Å². The van der Waals surface area contributed by atoms with Crippen molar-refractivity contribution >= 4 is 23.2 Å². The topological polar surface area (TPSA) is 40.6 Å². The summed E-state index contributed by atoms with van der Waals surface area (Å²) in [4.78, 5) is 33.4. The van der Waals surface area contributed by atoms with E-state index in [0.29, 0.717) is 25.6 Å². The van der Waals surface area contributed by atoms with E-state index in [1.165, 1.54) is 10.4 Å². The summed E-state index contributed by atoms with van der Waals surface area (Å²) in [5.74, 6) is 0.736. The van der Waals surface area contributed by atoms with Gasteiger partial charge in [0.2, 0.25) is 11.8 Å². The average Bonchev–Trinajstić information content (AvgIpc) is 3.58. The Kier molecular flexibility index (Phi) is 8.40. The first-order valence-electron chi connectivity index (χ1n) is 12.6. The minimum absolute atomic E-state index is 0.00784. The van der Waals surface area contributed by atoms with E-state index in [1.54, 1.807) is 11.3 Å². The Hall–Kier alpha value is -2.92. The van der Waals surface area contributed by atoms with Gasteiger partial charge in [0.1, 0.15) is 0 Å². The van der Waals surface area contributed by atoms with Gasteiger partial charge in [0.25, 0.3) is 0 Å². The summed E-state index contributed by atoms with van der Waals surface area (Å²) < 4.78 is 0. The van der Waals surface area contributed by atoms with Gasteiger partial charge in [-0.2, -0.15) is 0 Å². The number of rotatable bonds is 11. The lowest BCUT2D eigenvalue weighted by Gasteiger charge is -2.29. The largest absolute Gasteiger partial charge is 0.333 e. The molecule has 35 heavy (non-hydrogen) atoms. The number of amides is 2. The minimum Gasteiger partial charge on any atom is -0.333 e. The molecule has 2 aromatic carbocycles. The zero-order chi connectivity index (χ0) is 24.8. The van der Waals surface area contributed by atoms with E-state index in [2.05, 4.69) is 57.2 Å². The molecule has 0 aliphatic heterocycles. The summed E-state index contributed by atoms with van der Waals surface area (Å²) in [5, 5.41) is 0. The molecule has 2 amide bonds. The van der Waals surface area contributed by atoms with Gasteiger partial charge in [-0.15, -0.1) is 11.3 Å². The molecule has 5 heteroatoms. The highest BCUT2D eigenvalue weighted by Gasteiger charge is 2.46. The Balaban J connectivity index is 1.50. The van der Waals surface area contributed by atoms with E-state index in [-0.39, 0.29) is 30.2 Å². The summed E-state index contributed by atoms with van der Waals surface area (Å²) in [6, 6.07) is 24.6. The molecule has 0 bridgehead atoms. The van der Waals surface area contributed by atoms with Crippen LogP contribution in [0.5, 0.6) is 0 Å². The van der Waals surface area contributed by atoms with Gasteiger partial charge in [-0.05, 0) is 48.4 Å². The maximum absolute atomic E-state index is 13.7. The number of aryl methyl sites for hydroxylation is 1. The normalized spacial score (nSPS) is 17.6. The summed E-state index contributed by atoms with van der Waals surface area (Å²) in [7, 11) is 0. The van der Waals surface area contributed by atoms with E-state index in [4.69, 9.17) is 0 Å². The van der Waals surface area contributed by atoms with Crippen molar-refractivity contribution in [2.75, 3.05) is 13.1 Å². The molecule has 3 atom stereocenters.